The third-order valence-corrected chi connectivity index (χ3v) is 6.59. The molecule has 1 amide bonds. The number of aromatic nitrogens is 2. The van der Waals surface area contributed by atoms with Gasteiger partial charge < -0.3 is 4.90 Å². The highest BCUT2D eigenvalue weighted by Gasteiger charge is 2.44. The number of amides is 1. The molecule has 0 aliphatic carbocycles. The third-order valence-electron chi connectivity index (χ3n) is 4.45. The van der Waals surface area contributed by atoms with E-state index in [-0.39, 0.29) is 19.0 Å². The van der Waals surface area contributed by atoms with E-state index in [1.807, 2.05) is 24.3 Å². The Labute approximate surface area is 134 Å². The maximum Gasteiger partial charge on any atom is 0.257 e. The molecule has 0 spiro atoms. The molecule has 3 heterocycles. The molecule has 2 aliphatic rings. The van der Waals surface area contributed by atoms with Gasteiger partial charge in [-0.1, -0.05) is 18.2 Å². The fourth-order valence-electron chi connectivity index (χ4n) is 3.10. The lowest BCUT2D eigenvalue weighted by atomic mass is 10.2. The van der Waals surface area contributed by atoms with Gasteiger partial charge in [-0.25, -0.2) is 8.42 Å². The van der Waals surface area contributed by atoms with Gasteiger partial charge in [-0.15, -0.1) is 0 Å². The van der Waals surface area contributed by atoms with Gasteiger partial charge in [0.25, 0.3) is 5.91 Å². The number of likely N-dealkylation sites (tertiary alicyclic amines) is 1. The summed E-state index contributed by atoms with van der Waals surface area (Å²) in [5.74, 6) is -0.188. The van der Waals surface area contributed by atoms with Gasteiger partial charge >= 0.3 is 0 Å². The normalized spacial score (nSPS) is 17.9. The second kappa shape index (κ2) is 5.09. The number of hydrogen-bond donors (Lipinski definition) is 1. The summed E-state index contributed by atoms with van der Waals surface area (Å²) >= 11 is 0. The molecule has 23 heavy (non-hydrogen) atoms. The number of carbonyl (C=O) groups is 1. The van der Waals surface area contributed by atoms with Gasteiger partial charge in [0.05, 0.1) is 17.4 Å². The quantitative estimate of drug-likeness (QED) is 0.893. The van der Waals surface area contributed by atoms with Gasteiger partial charge in [-0.2, -0.15) is 5.10 Å². The summed E-state index contributed by atoms with van der Waals surface area (Å²) in [4.78, 5) is 13.7. The van der Waals surface area contributed by atoms with E-state index in [4.69, 9.17) is 0 Å². The number of rotatable bonds is 3. The number of aromatic amines is 1. The maximum absolute atomic E-state index is 12.8. The molecule has 1 aromatic heterocycles. The number of hydrogen-bond acceptors (Lipinski definition) is 4. The molecule has 1 saturated heterocycles. The minimum Gasteiger partial charge on any atom is -0.336 e. The van der Waals surface area contributed by atoms with Crippen LogP contribution < -0.4 is 4.31 Å². The Morgan fingerprint density at radius 2 is 2.04 bits per heavy atom. The molecule has 120 valence electrons. The largest absolute Gasteiger partial charge is 0.336 e. The maximum atomic E-state index is 12.8. The fraction of sp³-hybridized carbons (Fsp3) is 0.333. The van der Waals surface area contributed by atoms with E-state index in [1.54, 1.807) is 0 Å². The molecule has 8 heteroatoms. The first kappa shape index (κ1) is 14.3. The molecule has 0 atom stereocenters. The molecule has 0 saturated carbocycles. The lowest BCUT2D eigenvalue weighted by Crippen LogP contribution is -2.59. The second-order valence-electron chi connectivity index (χ2n) is 5.81. The zero-order valence-corrected chi connectivity index (χ0v) is 13.2. The van der Waals surface area contributed by atoms with Gasteiger partial charge in [-0.3, -0.25) is 14.2 Å². The molecule has 1 N–H and O–H groups in total. The molecule has 1 fully saturated rings. The average Bonchev–Trinajstić information content (AvgIpc) is 3.15. The number of fused-ring (bicyclic) bond motifs is 1. The third kappa shape index (κ3) is 2.21. The van der Waals surface area contributed by atoms with E-state index >= 15 is 0 Å². The Morgan fingerprint density at radius 1 is 1.26 bits per heavy atom. The number of H-pyrrole nitrogens is 1. The minimum atomic E-state index is -3.43. The van der Waals surface area contributed by atoms with Crippen LogP contribution in [0, 0.1) is 0 Å². The number of nitrogens with zero attached hydrogens (tertiary/aromatic N) is 3. The van der Waals surface area contributed by atoms with Crippen LogP contribution in [-0.2, 0) is 16.4 Å². The first-order chi connectivity index (χ1) is 11.1. The summed E-state index contributed by atoms with van der Waals surface area (Å²) < 4.78 is 27.1. The molecular formula is C15H16N4O3S. The van der Waals surface area contributed by atoms with E-state index in [0.29, 0.717) is 12.1 Å². The van der Waals surface area contributed by atoms with Crippen molar-refractivity contribution in [3.05, 3.63) is 47.8 Å². The Hall–Kier alpha value is -2.35. The average molecular weight is 332 g/mol. The van der Waals surface area contributed by atoms with Crippen LogP contribution in [0.4, 0.5) is 5.69 Å². The molecule has 0 radical (unpaired) electrons. The van der Waals surface area contributed by atoms with Crippen molar-refractivity contribution in [3.8, 4) is 0 Å². The van der Waals surface area contributed by atoms with Gasteiger partial charge in [0.1, 0.15) is 5.25 Å². The van der Waals surface area contributed by atoms with Gasteiger partial charge in [0, 0.05) is 25.8 Å². The van der Waals surface area contributed by atoms with E-state index in [0.717, 1.165) is 17.7 Å². The molecule has 1 aromatic carbocycles. The highest BCUT2D eigenvalue weighted by Crippen LogP contribution is 2.33. The standard InChI is InChI=1S/C15H16N4O3S/c20-15(12-7-16-17-8-12)18-9-13(10-18)23(21,22)19-6-5-11-3-1-2-4-14(11)19/h1-4,7-8,13H,5-6,9-10H2,(H,16,17). The second-order valence-corrected chi connectivity index (χ2v) is 7.95. The molecule has 4 rings (SSSR count). The van der Waals surface area contributed by atoms with Crippen LogP contribution in [0.1, 0.15) is 15.9 Å². The van der Waals surface area contributed by atoms with E-state index in [2.05, 4.69) is 10.2 Å². The van der Waals surface area contributed by atoms with Crippen molar-refractivity contribution in [3.63, 3.8) is 0 Å². The van der Waals surface area contributed by atoms with Crippen molar-refractivity contribution in [2.45, 2.75) is 11.7 Å². The highest BCUT2D eigenvalue weighted by atomic mass is 32.2. The molecular weight excluding hydrogens is 316 g/mol. The van der Waals surface area contributed by atoms with Crippen LogP contribution in [-0.4, -0.2) is 54.3 Å². The number of nitrogens with one attached hydrogen (secondary N) is 1. The van der Waals surface area contributed by atoms with Gasteiger partial charge in [-0.05, 0) is 18.1 Å². The van der Waals surface area contributed by atoms with Crippen molar-refractivity contribution in [2.24, 2.45) is 0 Å². The monoisotopic (exact) mass is 332 g/mol. The van der Waals surface area contributed by atoms with Crippen molar-refractivity contribution >= 4 is 21.6 Å². The van der Waals surface area contributed by atoms with Crippen LogP contribution in [0.2, 0.25) is 0 Å². The van der Waals surface area contributed by atoms with Gasteiger partial charge in [0.15, 0.2) is 0 Å². The smallest absolute Gasteiger partial charge is 0.257 e. The molecule has 7 nitrogen and oxygen atoms in total. The van der Waals surface area contributed by atoms with Crippen LogP contribution in [0.25, 0.3) is 0 Å². The van der Waals surface area contributed by atoms with E-state index in [9.17, 15) is 13.2 Å². The van der Waals surface area contributed by atoms with Crippen LogP contribution in [0.5, 0.6) is 0 Å². The summed E-state index contributed by atoms with van der Waals surface area (Å²) in [7, 11) is -3.43. The fourth-order valence-corrected chi connectivity index (χ4v) is 4.99. The number of sulfonamides is 1. The van der Waals surface area contributed by atoms with Crippen molar-refractivity contribution < 1.29 is 13.2 Å². The first-order valence-corrected chi connectivity index (χ1v) is 8.95. The Morgan fingerprint density at radius 3 is 2.78 bits per heavy atom. The molecule has 2 aliphatic heterocycles. The van der Waals surface area contributed by atoms with E-state index in [1.165, 1.54) is 21.6 Å². The number of benzene rings is 1. The Kier molecular flexibility index (Phi) is 3.15. The highest BCUT2D eigenvalue weighted by molar-refractivity contribution is 7.93. The lowest BCUT2D eigenvalue weighted by molar-refractivity contribution is 0.0659. The summed E-state index contributed by atoms with van der Waals surface area (Å²) in [6.45, 7) is 0.934. The van der Waals surface area contributed by atoms with Crippen LogP contribution in [0.15, 0.2) is 36.7 Å². The van der Waals surface area contributed by atoms with Crippen molar-refractivity contribution in [2.75, 3.05) is 23.9 Å². The topological polar surface area (TPSA) is 86.4 Å². The zero-order valence-electron chi connectivity index (χ0n) is 12.3. The molecule has 0 bridgehead atoms. The van der Waals surface area contributed by atoms with Crippen LogP contribution >= 0.6 is 0 Å². The lowest BCUT2D eigenvalue weighted by Gasteiger charge is -2.40. The summed E-state index contributed by atoms with van der Waals surface area (Å²) in [5, 5.41) is 5.79. The van der Waals surface area contributed by atoms with E-state index < -0.39 is 15.3 Å². The van der Waals surface area contributed by atoms with Gasteiger partial charge in [0.2, 0.25) is 10.0 Å². The first-order valence-electron chi connectivity index (χ1n) is 7.45. The summed E-state index contributed by atoms with van der Waals surface area (Å²) in [6.07, 6.45) is 3.70. The SMILES string of the molecule is O=C(c1cn[nH]c1)N1CC(S(=O)(=O)N2CCc3ccccc32)C1. The summed E-state index contributed by atoms with van der Waals surface area (Å²) in [6, 6.07) is 7.57. The number of para-hydroxylation sites is 1. The molecule has 2 aromatic rings. The number of carbonyl (C=O) groups excluding carboxylic acids is 1. The van der Waals surface area contributed by atoms with Crippen LogP contribution in [0.3, 0.4) is 0 Å². The van der Waals surface area contributed by atoms with Crippen molar-refractivity contribution in [1.29, 1.82) is 0 Å². The predicted octanol–water partition coefficient (Wildman–Crippen LogP) is 0.627. The van der Waals surface area contributed by atoms with Crippen molar-refractivity contribution in [1.82, 2.24) is 15.1 Å². The Balaban J connectivity index is 1.49. The predicted molar refractivity (Wildman–Crippen MR) is 84.7 cm³/mol. The summed E-state index contributed by atoms with van der Waals surface area (Å²) in [5.41, 5.74) is 2.28. The Bertz CT molecular complexity index is 841. The minimum absolute atomic E-state index is 0.188. The number of anilines is 1. The zero-order chi connectivity index (χ0) is 16.0. The molecule has 0 unspecified atom stereocenters.